The lowest BCUT2D eigenvalue weighted by Gasteiger charge is -2.10. The van der Waals surface area contributed by atoms with E-state index < -0.39 is 0 Å². The van der Waals surface area contributed by atoms with Crippen molar-refractivity contribution in [2.75, 3.05) is 13.6 Å². The van der Waals surface area contributed by atoms with Crippen molar-refractivity contribution in [3.05, 3.63) is 18.2 Å². The van der Waals surface area contributed by atoms with Gasteiger partial charge in [0.05, 0.1) is 6.42 Å². The van der Waals surface area contributed by atoms with Crippen molar-refractivity contribution in [1.29, 1.82) is 0 Å². The lowest BCUT2D eigenvalue weighted by molar-refractivity contribution is -0.121. The predicted octanol–water partition coefficient (Wildman–Crippen LogP) is 1.26. The van der Waals surface area contributed by atoms with Crippen LogP contribution in [0.2, 0.25) is 0 Å². The molecule has 1 aromatic heterocycles. The molecule has 1 aromatic rings. The molecule has 0 amide bonds. The van der Waals surface area contributed by atoms with E-state index in [0.717, 1.165) is 25.3 Å². The average Bonchev–Trinajstić information content (AvgIpc) is 2.67. The van der Waals surface area contributed by atoms with Crippen molar-refractivity contribution in [2.45, 2.75) is 33.2 Å². The molecular formula is C12H21N3O. The number of nitrogens with zero attached hydrogens (tertiary/aromatic N) is 2. The summed E-state index contributed by atoms with van der Waals surface area (Å²) in [6, 6.07) is 0. The van der Waals surface area contributed by atoms with Crippen LogP contribution in [-0.2, 0) is 17.8 Å². The Morgan fingerprint density at radius 1 is 1.62 bits per heavy atom. The zero-order chi connectivity index (χ0) is 12.0. The van der Waals surface area contributed by atoms with Gasteiger partial charge in [-0.1, -0.05) is 13.8 Å². The highest BCUT2D eigenvalue weighted by Gasteiger charge is 2.15. The number of aryl methyl sites for hydroxylation is 1. The molecule has 0 bridgehead atoms. The van der Waals surface area contributed by atoms with Gasteiger partial charge in [0.25, 0.3) is 0 Å². The van der Waals surface area contributed by atoms with E-state index in [1.54, 1.807) is 6.20 Å². The highest BCUT2D eigenvalue weighted by Crippen LogP contribution is 2.05. The molecule has 4 nitrogen and oxygen atoms in total. The van der Waals surface area contributed by atoms with E-state index >= 15 is 0 Å². The quantitative estimate of drug-likeness (QED) is 0.757. The number of nitrogens with one attached hydrogen (secondary N) is 1. The summed E-state index contributed by atoms with van der Waals surface area (Å²) in [6.45, 7) is 5.73. The van der Waals surface area contributed by atoms with Gasteiger partial charge in [-0.15, -0.1) is 0 Å². The summed E-state index contributed by atoms with van der Waals surface area (Å²) >= 11 is 0. The SMILES string of the molecule is CCCn1ccnc1CC(=O)C(C)CNC. The Kier molecular flexibility index (Phi) is 5.19. The maximum Gasteiger partial charge on any atom is 0.144 e. The van der Waals surface area contributed by atoms with Gasteiger partial charge in [-0.3, -0.25) is 4.79 Å². The van der Waals surface area contributed by atoms with Crippen molar-refractivity contribution < 1.29 is 4.79 Å². The van der Waals surface area contributed by atoms with Gasteiger partial charge in [0, 0.05) is 31.4 Å². The van der Waals surface area contributed by atoms with E-state index in [9.17, 15) is 4.79 Å². The largest absolute Gasteiger partial charge is 0.335 e. The van der Waals surface area contributed by atoms with Crippen molar-refractivity contribution in [1.82, 2.24) is 14.9 Å². The Labute approximate surface area is 97.1 Å². The van der Waals surface area contributed by atoms with Gasteiger partial charge >= 0.3 is 0 Å². The molecule has 1 unspecified atom stereocenters. The third-order valence-electron chi connectivity index (χ3n) is 2.66. The number of rotatable bonds is 7. The lowest BCUT2D eigenvalue weighted by Crippen LogP contribution is -2.25. The van der Waals surface area contributed by atoms with Crippen molar-refractivity contribution in [3.63, 3.8) is 0 Å². The summed E-state index contributed by atoms with van der Waals surface area (Å²) in [5.41, 5.74) is 0. The second-order valence-electron chi connectivity index (χ2n) is 4.14. The maximum absolute atomic E-state index is 11.9. The van der Waals surface area contributed by atoms with Gasteiger partial charge < -0.3 is 9.88 Å². The Bertz CT molecular complexity index is 333. The normalized spacial score (nSPS) is 12.7. The summed E-state index contributed by atoms with van der Waals surface area (Å²) < 4.78 is 2.06. The van der Waals surface area contributed by atoms with Crippen LogP contribution in [0.1, 0.15) is 26.1 Å². The van der Waals surface area contributed by atoms with E-state index in [1.165, 1.54) is 0 Å². The molecule has 16 heavy (non-hydrogen) atoms. The molecule has 0 aromatic carbocycles. The van der Waals surface area contributed by atoms with Crippen LogP contribution in [0.3, 0.4) is 0 Å². The standard InChI is InChI=1S/C12H21N3O/c1-4-6-15-7-5-14-12(15)8-11(16)10(2)9-13-3/h5,7,10,13H,4,6,8-9H2,1-3H3. The first-order valence-corrected chi connectivity index (χ1v) is 5.86. The van der Waals surface area contributed by atoms with Gasteiger partial charge in [-0.25, -0.2) is 4.98 Å². The lowest BCUT2D eigenvalue weighted by atomic mass is 10.0. The zero-order valence-corrected chi connectivity index (χ0v) is 10.4. The van der Waals surface area contributed by atoms with Gasteiger partial charge in [0.15, 0.2) is 0 Å². The number of aromatic nitrogens is 2. The fraction of sp³-hybridized carbons (Fsp3) is 0.667. The fourth-order valence-corrected chi connectivity index (χ4v) is 1.70. The second kappa shape index (κ2) is 6.43. The van der Waals surface area contributed by atoms with E-state index in [0.29, 0.717) is 6.42 Å². The van der Waals surface area contributed by atoms with Crippen LogP contribution in [0.4, 0.5) is 0 Å². The molecule has 1 N–H and O–H groups in total. The van der Waals surface area contributed by atoms with Crippen LogP contribution in [0.25, 0.3) is 0 Å². The third kappa shape index (κ3) is 3.45. The van der Waals surface area contributed by atoms with Gasteiger partial charge in [0.2, 0.25) is 0 Å². The molecule has 0 fully saturated rings. The van der Waals surface area contributed by atoms with E-state index in [2.05, 4.69) is 21.8 Å². The number of Topliss-reactive ketones (excluding diaryl/α,β-unsaturated/α-hetero) is 1. The Morgan fingerprint density at radius 3 is 3.00 bits per heavy atom. The van der Waals surface area contributed by atoms with Gasteiger partial charge in [-0.05, 0) is 13.5 Å². The zero-order valence-electron chi connectivity index (χ0n) is 10.4. The van der Waals surface area contributed by atoms with E-state index in [1.807, 2.05) is 20.2 Å². The van der Waals surface area contributed by atoms with Crippen LogP contribution in [0.5, 0.6) is 0 Å². The number of imidazole rings is 1. The first kappa shape index (κ1) is 12.9. The highest BCUT2D eigenvalue weighted by atomic mass is 16.1. The van der Waals surface area contributed by atoms with Crippen molar-refractivity contribution >= 4 is 5.78 Å². The van der Waals surface area contributed by atoms with Crippen LogP contribution < -0.4 is 5.32 Å². The summed E-state index contributed by atoms with van der Waals surface area (Å²) in [4.78, 5) is 16.1. The summed E-state index contributed by atoms with van der Waals surface area (Å²) in [7, 11) is 1.86. The Hall–Kier alpha value is -1.16. The minimum absolute atomic E-state index is 0.0526. The Balaban J connectivity index is 2.58. The van der Waals surface area contributed by atoms with E-state index in [4.69, 9.17) is 0 Å². The molecule has 0 saturated heterocycles. The van der Waals surface area contributed by atoms with Crippen LogP contribution in [0, 0.1) is 5.92 Å². The van der Waals surface area contributed by atoms with Crippen molar-refractivity contribution in [3.8, 4) is 0 Å². The number of hydrogen-bond acceptors (Lipinski definition) is 3. The minimum Gasteiger partial charge on any atom is -0.335 e. The third-order valence-corrected chi connectivity index (χ3v) is 2.66. The number of ketones is 1. The molecule has 0 spiro atoms. The molecule has 4 heteroatoms. The molecule has 1 rings (SSSR count). The number of carbonyl (C=O) groups excluding carboxylic acids is 1. The maximum atomic E-state index is 11.9. The van der Waals surface area contributed by atoms with Gasteiger partial charge in [0.1, 0.15) is 11.6 Å². The highest BCUT2D eigenvalue weighted by molar-refractivity contribution is 5.82. The number of carbonyl (C=O) groups is 1. The molecule has 90 valence electrons. The predicted molar refractivity (Wildman–Crippen MR) is 64.3 cm³/mol. The van der Waals surface area contributed by atoms with Crippen LogP contribution >= 0.6 is 0 Å². The monoisotopic (exact) mass is 223 g/mol. The summed E-state index contributed by atoms with van der Waals surface area (Å²) in [5, 5.41) is 3.02. The summed E-state index contributed by atoms with van der Waals surface area (Å²) in [6.07, 6.45) is 5.20. The molecule has 0 aliphatic rings. The topological polar surface area (TPSA) is 46.9 Å². The molecule has 1 atom stereocenters. The van der Waals surface area contributed by atoms with Crippen LogP contribution in [0.15, 0.2) is 12.4 Å². The molecule has 0 aliphatic heterocycles. The average molecular weight is 223 g/mol. The van der Waals surface area contributed by atoms with E-state index in [-0.39, 0.29) is 11.7 Å². The van der Waals surface area contributed by atoms with Crippen LogP contribution in [-0.4, -0.2) is 28.9 Å². The number of hydrogen-bond donors (Lipinski definition) is 1. The first-order chi connectivity index (χ1) is 7.69. The first-order valence-electron chi connectivity index (χ1n) is 5.86. The second-order valence-corrected chi connectivity index (χ2v) is 4.14. The summed E-state index contributed by atoms with van der Waals surface area (Å²) in [5.74, 6) is 1.18. The van der Waals surface area contributed by atoms with Gasteiger partial charge in [-0.2, -0.15) is 0 Å². The fourth-order valence-electron chi connectivity index (χ4n) is 1.70. The smallest absolute Gasteiger partial charge is 0.144 e. The van der Waals surface area contributed by atoms with Crippen molar-refractivity contribution in [2.24, 2.45) is 5.92 Å². The molecular weight excluding hydrogens is 202 g/mol. The molecule has 0 aliphatic carbocycles. The Morgan fingerprint density at radius 2 is 2.38 bits per heavy atom. The molecule has 0 saturated carbocycles. The molecule has 1 heterocycles. The minimum atomic E-state index is 0.0526. The molecule has 0 radical (unpaired) electrons.